The maximum atomic E-state index is 11.6. The molecular formula is C14H17N3O2. The average molecular weight is 259 g/mol. The van der Waals surface area contributed by atoms with Gasteiger partial charge in [0.2, 0.25) is 0 Å². The number of hydrogen-bond donors (Lipinski definition) is 2. The Morgan fingerprint density at radius 1 is 1.16 bits per heavy atom. The van der Waals surface area contributed by atoms with Crippen molar-refractivity contribution in [2.24, 2.45) is 5.73 Å². The van der Waals surface area contributed by atoms with E-state index in [0.29, 0.717) is 18.7 Å². The monoisotopic (exact) mass is 259 g/mol. The van der Waals surface area contributed by atoms with Gasteiger partial charge in [-0.3, -0.25) is 4.79 Å². The summed E-state index contributed by atoms with van der Waals surface area (Å²) in [5.74, 6) is 0.797. The van der Waals surface area contributed by atoms with Crippen LogP contribution in [0.25, 0.3) is 11.1 Å². The molecule has 2 aromatic rings. The van der Waals surface area contributed by atoms with Gasteiger partial charge in [0.05, 0.1) is 6.61 Å². The van der Waals surface area contributed by atoms with E-state index in [1.807, 2.05) is 24.3 Å². The molecule has 0 atom stereocenters. The number of unbranched alkanes of at least 4 members (excludes halogenated alkanes) is 1. The molecule has 0 aliphatic heterocycles. The molecule has 0 radical (unpaired) electrons. The molecule has 0 unspecified atom stereocenters. The van der Waals surface area contributed by atoms with Crippen molar-refractivity contribution in [2.75, 3.05) is 13.2 Å². The van der Waals surface area contributed by atoms with Crippen LogP contribution in [0.3, 0.4) is 0 Å². The molecule has 19 heavy (non-hydrogen) atoms. The van der Waals surface area contributed by atoms with E-state index in [4.69, 9.17) is 10.5 Å². The lowest BCUT2D eigenvalue weighted by molar-refractivity contribution is 0.308. The molecule has 0 fully saturated rings. The third-order valence-electron chi connectivity index (χ3n) is 2.76. The minimum absolute atomic E-state index is 0.195. The maximum absolute atomic E-state index is 11.6. The van der Waals surface area contributed by atoms with Gasteiger partial charge in [0.1, 0.15) is 5.75 Å². The Morgan fingerprint density at radius 2 is 1.95 bits per heavy atom. The Labute approximate surface area is 111 Å². The number of ether oxygens (including phenoxy) is 1. The number of aromatic amines is 1. The zero-order chi connectivity index (χ0) is 13.5. The number of rotatable bonds is 6. The lowest BCUT2D eigenvalue weighted by Crippen LogP contribution is -2.09. The molecule has 0 amide bonds. The number of benzene rings is 1. The summed E-state index contributed by atoms with van der Waals surface area (Å²) >= 11 is 0. The summed E-state index contributed by atoms with van der Waals surface area (Å²) in [6, 6.07) is 9.14. The maximum Gasteiger partial charge on any atom is 0.272 e. The van der Waals surface area contributed by atoms with Crippen molar-refractivity contribution in [3.05, 3.63) is 46.9 Å². The van der Waals surface area contributed by atoms with Crippen LogP contribution in [-0.4, -0.2) is 23.3 Å². The predicted molar refractivity (Wildman–Crippen MR) is 74.1 cm³/mol. The van der Waals surface area contributed by atoms with Gasteiger partial charge in [-0.2, -0.15) is 5.10 Å². The quantitative estimate of drug-likeness (QED) is 0.771. The molecule has 0 aliphatic carbocycles. The Balaban J connectivity index is 2.03. The SMILES string of the molecule is NCCCCOc1ccc(-c2ccn[nH]c2=O)cc1. The topological polar surface area (TPSA) is 81.0 Å². The van der Waals surface area contributed by atoms with E-state index >= 15 is 0 Å². The van der Waals surface area contributed by atoms with E-state index in [0.717, 1.165) is 24.2 Å². The van der Waals surface area contributed by atoms with Crippen LogP contribution in [0, 0.1) is 0 Å². The molecule has 0 bridgehead atoms. The van der Waals surface area contributed by atoms with E-state index in [9.17, 15) is 4.79 Å². The molecule has 0 aliphatic rings. The van der Waals surface area contributed by atoms with Gasteiger partial charge in [-0.15, -0.1) is 0 Å². The predicted octanol–water partition coefficient (Wildman–Crippen LogP) is 1.55. The normalized spacial score (nSPS) is 10.4. The minimum Gasteiger partial charge on any atom is -0.494 e. The van der Waals surface area contributed by atoms with Crippen molar-refractivity contribution in [3.8, 4) is 16.9 Å². The largest absolute Gasteiger partial charge is 0.494 e. The molecule has 100 valence electrons. The molecule has 0 spiro atoms. The summed E-state index contributed by atoms with van der Waals surface area (Å²) < 4.78 is 5.58. The highest BCUT2D eigenvalue weighted by molar-refractivity contribution is 5.62. The fourth-order valence-corrected chi connectivity index (χ4v) is 1.74. The second kappa shape index (κ2) is 6.70. The summed E-state index contributed by atoms with van der Waals surface area (Å²) in [5.41, 5.74) is 6.66. The summed E-state index contributed by atoms with van der Waals surface area (Å²) in [6.45, 7) is 1.35. The second-order valence-electron chi connectivity index (χ2n) is 4.17. The first-order valence-electron chi connectivity index (χ1n) is 6.28. The molecule has 0 saturated carbocycles. The number of H-pyrrole nitrogens is 1. The zero-order valence-electron chi connectivity index (χ0n) is 10.6. The highest BCUT2D eigenvalue weighted by atomic mass is 16.5. The zero-order valence-corrected chi connectivity index (χ0v) is 10.6. The molecule has 1 aromatic heterocycles. The van der Waals surface area contributed by atoms with Gasteiger partial charge in [0.15, 0.2) is 0 Å². The number of hydrogen-bond acceptors (Lipinski definition) is 4. The highest BCUT2D eigenvalue weighted by Gasteiger charge is 2.02. The van der Waals surface area contributed by atoms with Crippen molar-refractivity contribution in [3.63, 3.8) is 0 Å². The highest BCUT2D eigenvalue weighted by Crippen LogP contribution is 2.19. The summed E-state index contributed by atoms with van der Waals surface area (Å²) in [6.07, 6.45) is 3.47. The number of nitrogens with two attached hydrogens (primary N) is 1. The van der Waals surface area contributed by atoms with Gasteiger partial charge >= 0.3 is 0 Å². The fourth-order valence-electron chi connectivity index (χ4n) is 1.74. The third kappa shape index (κ3) is 3.66. The molecule has 1 aromatic carbocycles. The van der Waals surface area contributed by atoms with Crippen molar-refractivity contribution in [1.82, 2.24) is 10.2 Å². The first-order chi connectivity index (χ1) is 9.31. The average Bonchev–Trinajstić information content (AvgIpc) is 2.45. The Bertz CT molecular complexity index is 563. The van der Waals surface area contributed by atoms with Gasteiger partial charge < -0.3 is 10.5 Å². The van der Waals surface area contributed by atoms with Crippen LogP contribution in [-0.2, 0) is 0 Å². The van der Waals surface area contributed by atoms with E-state index in [2.05, 4.69) is 10.2 Å². The van der Waals surface area contributed by atoms with E-state index in [1.165, 1.54) is 0 Å². The standard InChI is InChI=1S/C14H17N3O2/c15-8-1-2-10-19-12-5-3-11(4-6-12)13-7-9-16-17-14(13)18/h3-7,9H,1-2,8,10,15H2,(H,17,18). The van der Waals surface area contributed by atoms with Crippen molar-refractivity contribution < 1.29 is 4.74 Å². The molecule has 0 saturated heterocycles. The Hall–Kier alpha value is -2.14. The van der Waals surface area contributed by atoms with Crippen LogP contribution in [0.15, 0.2) is 41.3 Å². The minimum atomic E-state index is -0.195. The Kier molecular flexibility index (Phi) is 4.69. The van der Waals surface area contributed by atoms with Gasteiger partial charge in [-0.1, -0.05) is 12.1 Å². The number of aromatic nitrogens is 2. The van der Waals surface area contributed by atoms with Crippen LogP contribution < -0.4 is 16.0 Å². The van der Waals surface area contributed by atoms with E-state index in [-0.39, 0.29) is 5.56 Å². The van der Waals surface area contributed by atoms with Crippen LogP contribution in [0.4, 0.5) is 0 Å². The summed E-state index contributed by atoms with van der Waals surface area (Å²) in [4.78, 5) is 11.6. The van der Waals surface area contributed by atoms with Crippen LogP contribution in [0.2, 0.25) is 0 Å². The number of nitrogens with zero attached hydrogens (tertiary/aromatic N) is 1. The van der Waals surface area contributed by atoms with Crippen LogP contribution in [0.5, 0.6) is 5.75 Å². The van der Waals surface area contributed by atoms with Gasteiger partial charge in [-0.05, 0) is 43.1 Å². The lowest BCUT2D eigenvalue weighted by Gasteiger charge is -2.06. The van der Waals surface area contributed by atoms with Gasteiger partial charge in [0.25, 0.3) is 5.56 Å². The molecule has 5 heteroatoms. The van der Waals surface area contributed by atoms with Crippen LogP contribution >= 0.6 is 0 Å². The van der Waals surface area contributed by atoms with Gasteiger partial charge in [-0.25, -0.2) is 5.10 Å². The fraction of sp³-hybridized carbons (Fsp3) is 0.286. The second-order valence-corrected chi connectivity index (χ2v) is 4.17. The summed E-state index contributed by atoms with van der Waals surface area (Å²) in [7, 11) is 0. The molecule has 1 heterocycles. The van der Waals surface area contributed by atoms with Crippen molar-refractivity contribution >= 4 is 0 Å². The molecular weight excluding hydrogens is 242 g/mol. The lowest BCUT2D eigenvalue weighted by atomic mass is 10.1. The molecule has 2 rings (SSSR count). The van der Waals surface area contributed by atoms with Crippen molar-refractivity contribution in [1.29, 1.82) is 0 Å². The Morgan fingerprint density at radius 3 is 2.63 bits per heavy atom. The van der Waals surface area contributed by atoms with E-state index < -0.39 is 0 Å². The molecule has 3 N–H and O–H groups in total. The van der Waals surface area contributed by atoms with Crippen molar-refractivity contribution in [2.45, 2.75) is 12.8 Å². The molecule has 5 nitrogen and oxygen atoms in total. The van der Waals surface area contributed by atoms with Gasteiger partial charge in [0, 0.05) is 11.8 Å². The smallest absolute Gasteiger partial charge is 0.272 e. The first-order valence-corrected chi connectivity index (χ1v) is 6.28. The first kappa shape index (κ1) is 13.3. The third-order valence-corrected chi connectivity index (χ3v) is 2.76. The van der Waals surface area contributed by atoms with E-state index in [1.54, 1.807) is 12.3 Å². The van der Waals surface area contributed by atoms with Crippen LogP contribution in [0.1, 0.15) is 12.8 Å². The summed E-state index contributed by atoms with van der Waals surface area (Å²) in [5, 5.41) is 6.09. The number of nitrogens with one attached hydrogen (secondary N) is 1.